The van der Waals surface area contributed by atoms with E-state index in [1.54, 1.807) is 0 Å². The van der Waals surface area contributed by atoms with Crippen LogP contribution in [-0.4, -0.2) is 17.3 Å². The van der Waals surface area contributed by atoms with Crippen LogP contribution in [0.2, 0.25) is 0 Å². The molecule has 13 heavy (non-hydrogen) atoms. The number of nitrogens with one attached hydrogen (secondary N) is 1. The lowest BCUT2D eigenvalue weighted by atomic mass is 10.2. The van der Waals surface area contributed by atoms with Crippen molar-refractivity contribution in [1.82, 2.24) is 4.98 Å². The SMILES string of the molecule is CCNc1nc(C)c(C(=O)CC)s1. The van der Waals surface area contributed by atoms with Gasteiger partial charge in [-0.3, -0.25) is 4.79 Å². The quantitative estimate of drug-likeness (QED) is 0.756. The molecule has 3 nitrogen and oxygen atoms in total. The summed E-state index contributed by atoms with van der Waals surface area (Å²) in [6, 6.07) is 0. The first-order valence-electron chi connectivity index (χ1n) is 4.43. The van der Waals surface area contributed by atoms with Gasteiger partial charge < -0.3 is 5.32 Å². The van der Waals surface area contributed by atoms with Crippen LogP contribution >= 0.6 is 11.3 Å². The maximum absolute atomic E-state index is 11.4. The third kappa shape index (κ3) is 2.28. The number of carbonyl (C=O) groups excluding carboxylic acids is 1. The molecule has 1 heterocycles. The number of aryl methyl sites for hydroxylation is 1. The Balaban J connectivity index is 2.89. The number of thiazole rings is 1. The molecular weight excluding hydrogens is 184 g/mol. The van der Waals surface area contributed by atoms with Gasteiger partial charge in [0, 0.05) is 13.0 Å². The van der Waals surface area contributed by atoms with E-state index in [2.05, 4.69) is 10.3 Å². The Morgan fingerprint density at radius 2 is 2.23 bits per heavy atom. The van der Waals surface area contributed by atoms with E-state index >= 15 is 0 Å². The van der Waals surface area contributed by atoms with Gasteiger partial charge in [-0.05, 0) is 13.8 Å². The molecule has 0 saturated heterocycles. The van der Waals surface area contributed by atoms with Crippen LogP contribution in [0.1, 0.15) is 35.6 Å². The van der Waals surface area contributed by atoms with Crippen LogP contribution in [0.3, 0.4) is 0 Å². The smallest absolute Gasteiger partial charge is 0.183 e. The van der Waals surface area contributed by atoms with Gasteiger partial charge >= 0.3 is 0 Å². The molecule has 0 amide bonds. The second-order valence-corrected chi connectivity index (χ2v) is 3.74. The van der Waals surface area contributed by atoms with Crippen LogP contribution in [0.4, 0.5) is 5.13 Å². The van der Waals surface area contributed by atoms with Crippen LogP contribution in [0, 0.1) is 6.92 Å². The van der Waals surface area contributed by atoms with Crippen molar-refractivity contribution in [1.29, 1.82) is 0 Å². The lowest BCUT2D eigenvalue weighted by Crippen LogP contribution is -1.95. The topological polar surface area (TPSA) is 42.0 Å². The van der Waals surface area contributed by atoms with E-state index in [0.29, 0.717) is 6.42 Å². The molecule has 0 aromatic carbocycles. The van der Waals surface area contributed by atoms with Crippen molar-refractivity contribution in [2.75, 3.05) is 11.9 Å². The van der Waals surface area contributed by atoms with E-state index in [1.165, 1.54) is 11.3 Å². The van der Waals surface area contributed by atoms with E-state index in [0.717, 1.165) is 22.2 Å². The molecule has 0 radical (unpaired) electrons. The summed E-state index contributed by atoms with van der Waals surface area (Å²) in [4.78, 5) is 16.4. The zero-order valence-corrected chi connectivity index (χ0v) is 8.99. The predicted octanol–water partition coefficient (Wildman–Crippen LogP) is 2.48. The third-order valence-electron chi connectivity index (χ3n) is 1.70. The van der Waals surface area contributed by atoms with E-state index < -0.39 is 0 Å². The fraction of sp³-hybridized carbons (Fsp3) is 0.556. The first-order chi connectivity index (χ1) is 6.19. The molecule has 0 atom stereocenters. The Hall–Kier alpha value is -0.900. The second-order valence-electron chi connectivity index (χ2n) is 2.74. The van der Waals surface area contributed by atoms with Gasteiger partial charge in [0.05, 0.1) is 10.6 Å². The molecule has 0 bridgehead atoms. The highest BCUT2D eigenvalue weighted by Crippen LogP contribution is 2.23. The van der Waals surface area contributed by atoms with Crippen molar-refractivity contribution in [3.8, 4) is 0 Å². The molecule has 4 heteroatoms. The summed E-state index contributed by atoms with van der Waals surface area (Å²) < 4.78 is 0. The van der Waals surface area contributed by atoms with Crippen LogP contribution in [0.15, 0.2) is 0 Å². The predicted molar refractivity (Wildman–Crippen MR) is 55.6 cm³/mol. The van der Waals surface area contributed by atoms with E-state index in [4.69, 9.17) is 0 Å². The van der Waals surface area contributed by atoms with Crippen molar-refractivity contribution < 1.29 is 4.79 Å². The van der Waals surface area contributed by atoms with Gasteiger partial charge in [-0.2, -0.15) is 0 Å². The van der Waals surface area contributed by atoms with Gasteiger partial charge in [0.15, 0.2) is 10.9 Å². The van der Waals surface area contributed by atoms with Gasteiger partial charge in [-0.1, -0.05) is 18.3 Å². The number of carbonyl (C=O) groups is 1. The van der Waals surface area contributed by atoms with Crippen molar-refractivity contribution in [2.24, 2.45) is 0 Å². The van der Waals surface area contributed by atoms with Gasteiger partial charge in [0.25, 0.3) is 0 Å². The third-order valence-corrected chi connectivity index (χ3v) is 2.86. The summed E-state index contributed by atoms with van der Waals surface area (Å²) in [6.45, 7) is 6.60. The molecule has 0 aliphatic rings. The average Bonchev–Trinajstić information content (AvgIpc) is 2.46. The van der Waals surface area contributed by atoms with E-state index in [9.17, 15) is 4.79 Å². The van der Waals surface area contributed by atoms with Crippen LogP contribution in [0.25, 0.3) is 0 Å². The highest BCUT2D eigenvalue weighted by atomic mass is 32.1. The van der Waals surface area contributed by atoms with E-state index in [1.807, 2.05) is 20.8 Å². The fourth-order valence-corrected chi connectivity index (χ4v) is 2.09. The Morgan fingerprint density at radius 1 is 1.54 bits per heavy atom. The first-order valence-corrected chi connectivity index (χ1v) is 5.25. The number of rotatable bonds is 4. The molecule has 0 spiro atoms. The molecule has 0 saturated carbocycles. The number of nitrogens with zero attached hydrogens (tertiary/aromatic N) is 1. The van der Waals surface area contributed by atoms with Gasteiger partial charge in [0.2, 0.25) is 0 Å². The van der Waals surface area contributed by atoms with Crippen molar-refractivity contribution in [3.63, 3.8) is 0 Å². The monoisotopic (exact) mass is 198 g/mol. The minimum absolute atomic E-state index is 0.180. The van der Waals surface area contributed by atoms with Crippen molar-refractivity contribution in [2.45, 2.75) is 27.2 Å². The number of hydrogen-bond acceptors (Lipinski definition) is 4. The summed E-state index contributed by atoms with van der Waals surface area (Å²) >= 11 is 1.44. The molecule has 72 valence electrons. The molecule has 1 aromatic heterocycles. The molecule has 0 fully saturated rings. The summed E-state index contributed by atoms with van der Waals surface area (Å²) in [5.74, 6) is 0.180. The Labute approximate surface area is 82.2 Å². The average molecular weight is 198 g/mol. The molecule has 0 aliphatic carbocycles. The Bertz CT molecular complexity index is 307. The molecule has 1 aromatic rings. The largest absolute Gasteiger partial charge is 0.362 e. The normalized spacial score (nSPS) is 10.1. The second kappa shape index (κ2) is 4.37. The zero-order chi connectivity index (χ0) is 9.84. The number of aromatic nitrogens is 1. The Kier molecular flexibility index (Phi) is 3.42. The van der Waals surface area contributed by atoms with Crippen LogP contribution in [-0.2, 0) is 0 Å². The fourth-order valence-electron chi connectivity index (χ4n) is 1.04. The highest BCUT2D eigenvalue weighted by Gasteiger charge is 2.12. The van der Waals surface area contributed by atoms with Gasteiger partial charge in [-0.25, -0.2) is 4.98 Å². The first kappa shape index (κ1) is 10.2. The summed E-state index contributed by atoms with van der Waals surface area (Å²) in [7, 11) is 0. The molecule has 0 unspecified atom stereocenters. The summed E-state index contributed by atoms with van der Waals surface area (Å²) in [6.07, 6.45) is 0.550. The zero-order valence-electron chi connectivity index (χ0n) is 8.18. The Morgan fingerprint density at radius 3 is 2.77 bits per heavy atom. The highest BCUT2D eigenvalue weighted by molar-refractivity contribution is 7.17. The van der Waals surface area contributed by atoms with E-state index in [-0.39, 0.29) is 5.78 Å². The van der Waals surface area contributed by atoms with Gasteiger partial charge in [-0.15, -0.1) is 0 Å². The lowest BCUT2D eigenvalue weighted by molar-refractivity contribution is 0.0991. The maximum atomic E-state index is 11.4. The number of Topliss-reactive ketones (excluding diaryl/α,β-unsaturated/α-hetero) is 1. The maximum Gasteiger partial charge on any atom is 0.183 e. The summed E-state index contributed by atoms with van der Waals surface area (Å²) in [5, 5.41) is 3.95. The van der Waals surface area contributed by atoms with Crippen LogP contribution < -0.4 is 5.32 Å². The molecule has 0 aliphatic heterocycles. The van der Waals surface area contributed by atoms with Crippen LogP contribution in [0.5, 0.6) is 0 Å². The standard InChI is InChI=1S/C9H14N2OS/c1-4-7(12)8-6(3)11-9(13-8)10-5-2/h4-5H2,1-3H3,(H,10,11). The molecule has 1 rings (SSSR count). The summed E-state index contributed by atoms with van der Waals surface area (Å²) in [5.41, 5.74) is 0.841. The lowest BCUT2D eigenvalue weighted by Gasteiger charge is -1.93. The van der Waals surface area contributed by atoms with Crippen molar-refractivity contribution in [3.05, 3.63) is 10.6 Å². The molecular formula is C9H14N2OS. The number of anilines is 1. The number of hydrogen-bond donors (Lipinski definition) is 1. The molecule has 1 N–H and O–H groups in total. The number of ketones is 1. The minimum atomic E-state index is 0.180. The minimum Gasteiger partial charge on any atom is -0.362 e. The van der Waals surface area contributed by atoms with Crippen molar-refractivity contribution >= 4 is 22.3 Å². The van der Waals surface area contributed by atoms with Gasteiger partial charge in [0.1, 0.15) is 0 Å².